The van der Waals surface area contributed by atoms with E-state index in [-0.39, 0.29) is 18.4 Å². The molecule has 17 heavy (non-hydrogen) atoms. The summed E-state index contributed by atoms with van der Waals surface area (Å²) in [6.07, 6.45) is -0.708. The number of halogens is 3. The molecule has 0 heterocycles. The average Bonchev–Trinajstić information content (AvgIpc) is 2.19. The van der Waals surface area contributed by atoms with Crippen LogP contribution in [0.5, 0.6) is 0 Å². The smallest absolute Gasteiger partial charge is 0.337 e. The van der Waals surface area contributed by atoms with Crippen LogP contribution in [0.3, 0.4) is 0 Å². The van der Waals surface area contributed by atoms with E-state index in [1.165, 1.54) is 7.05 Å². The molecule has 0 saturated heterocycles. The van der Waals surface area contributed by atoms with Crippen LogP contribution in [0.25, 0.3) is 0 Å². The molecule has 0 bridgehead atoms. The topological polar surface area (TPSA) is 46.3 Å². The summed E-state index contributed by atoms with van der Waals surface area (Å²) in [5.41, 5.74) is 5.73. The lowest BCUT2D eigenvalue weighted by atomic mass is 9.84. The number of nitrogens with two attached hydrogens (primary N) is 1. The van der Waals surface area contributed by atoms with E-state index in [0.29, 0.717) is 0 Å². The second-order valence-electron chi connectivity index (χ2n) is 4.85. The van der Waals surface area contributed by atoms with E-state index in [1.807, 2.05) is 0 Å². The summed E-state index contributed by atoms with van der Waals surface area (Å²) < 4.78 is 36.3. The summed E-state index contributed by atoms with van der Waals surface area (Å²) in [5, 5.41) is 0. The van der Waals surface area contributed by atoms with Crippen LogP contribution in [0.1, 0.15) is 32.1 Å². The molecule has 0 aliphatic heterocycles. The van der Waals surface area contributed by atoms with Gasteiger partial charge in [0.05, 0.1) is 0 Å². The van der Waals surface area contributed by atoms with Gasteiger partial charge in [-0.1, -0.05) is 0 Å². The third-order valence-electron chi connectivity index (χ3n) is 3.20. The average molecular weight is 252 g/mol. The highest BCUT2D eigenvalue weighted by Crippen LogP contribution is 2.26. The van der Waals surface area contributed by atoms with Gasteiger partial charge in [0.1, 0.15) is 6.54 Å². The van der Waals surface area contributed by atoms with Crippen molar-refractivity contribution in [3.63, 3.8) is 0 Å². The zero-order chi connectivity index (χ0) is 13.1. The first-order chi connectivity index (χ1) is 7.78. The van der Waals surface area contributed by atoms with Crippen LogP contribution in [0.15, 0.2) is 0 Å². The molecule has 1 fully saturated rings. The van der Waals surface area contributed by atoms with Crippen LogP contribution >= 0.6 is 0 Å². The SMILES string of the molecule is CN(CC(F)(F)F)C(=O)CC1CCC(N)CC1. The molecule has 2 N–H and O–H groups in total. The maximum atomic E-state index is 12.1. The number of alkyl halides is 3. The van der Waals surface area contributed by atoms with Crippen LogP contribution in [-0.4, -0.2) is 36.6 Å². The highest BCUT2D eigenvalue weighted by atomic mass is 19.4. The molecule has 0 aromatic rings. The van der Waals surface area contributed by atoms with Gasteiger partial charge in [-0.15, -0.1) is 0 Å². The van der Waals surface area contributed by atoms with Gasteiger partial charge < -0.3 is 10.6 Å². The van der Waals surface area contributed by atoms with E-state index < -0.39 is 18.6 Å². The zero-order valence-corrected chi connectivity index (χ0v) is 9.96. The van der Waals surface area contributed by atoms with Gasteiger partial charge in [-0.05, 0) is 31.6 Å². The van der Waals surface area contributed by atoms with Gasteiger partial charge in [-0.25, -0.2) is 0 Å². The van der Waals surface area contributed by atoms with Crippen molar-refractivity contribution in [2.45, 2.75) is 44.3 Å². The molecule has 0 spiro atoms. The second-order valence-corrected chi connectivity index (χ2v) is 4.85. The molecule has 1 aliphatic rings. The predicted molar refractivity (Wildman–Crippen MR) is 58.2 cm³/mol. The van der Waals surface area contributed by atoms with Crippen molar-refractivity contribution in [1.29, 1.82) is 0 Å². The molecule has 1 rings (SSSR count). The summed E-state index contributed by atoms with van der Waals surface area (Å²) >= 11 is 0. The van der Waals surface area contributed by atoms with Crippen molar-refractivity contribution in [1.82, 2.24) is 4.90 Å². The monoisotopic (exact) mass is 252 g/mol. The molecule has 1 amide bonds. The minimum absolute atomic E-state index is 0.189. The number of nitrogens with zero attached hydrogens (tertiary/aromatic N) is 1. The first-order valence-corrected chi connectivity index (χ1v) is 5.84. The molecule has 1 aliphatic carbocycles. The summed E-state index contributed by atoms with van der Waals surface area (Å²) in [7, 11) is 1.20. The largest absolute Gasteiger partial charge is 0.406 e. The molecule has 3 nitrogen and oxygen atoms in total. The number of carbonyl (C=O) groups excluding carboxylic acids is 1. The Balaban J connectivity index is 2.33. The molecule has 0 aromatic carbocycles. The van der Waals surface area contributed by atoms with Crippen molar-refractivity contribution in [2.75, 3.05) is 13.6 Å². The lowest BCUT2D eigenvalue weighted by molar-refractivity contribution is -0.159. The van der Waals surface area contributed by atoms with Crippen molar-refractivity contribution >= 4 is 5.91 Å². The molecule has 0 aromatic heterocycles. The van der Waals surface area contributed by atoms with Crippen molar-refractivity contribution in [3.05, 3.63) is 0 Å². The first-order valence-electron chi connectivity index (χ1n) is 5.84. The molecule has 0 radical (unpaired) electrons. The minimum Gasteiger partial charge on any atom is -0.337 e. The third kappa shape index (κ3) is 5.39. The van der Waals surface area contributed by atoms with E-state index in [2.05, 4.69) is 0 Å². The quantitative estimate of drug-likeness (QED) is 0.834. The summed E-state index contributed by atoms with van der Waals surface area (Å²) in [5.74, 6) is -0.235. The van der Waals surface area contributed by atoms with E-state index in [0.717, 1.165) is 30.6 Å². The fourth-order valence-corrected chi connectivity index (χ4v) is 2.15. The summed E-state index contributed by atoms with van der Waals surface area (Å²) in [6.45, 7) is -1.17. The van der Waals surface area contributed by atoms with Crippen molar-refractivity contribution < 1.29 is 18.0 Å². The number of hydrogen-bond donors (Lipinski definition) is 1. The van der Waals surface area contributed by atoms with Crippen LogP contribution in [0.4, 0.5) is 13.2 Å². The van der Waals surface area contributed by atoms with E-state index in [9.17, 15) is 18.0 Å². The van der Waals surface area contributed by atoms with Gasteiger partial charge in [-0.3, -0.25) is 4.79 Å². The van der Waals surface area contributed by atoms with Gasteiger partial charge in [0.2, 0.25) is 5.91 Å². The lowest BCUT2D eigenvalue weighted by Crippen LogP contribution is -2.37. The van der Waals surface area contributed by atoms with Crippen LogP contribution in [0.2, 0.25) is 0 Å². The summed E-state index contributed by atoms with van der Waals surface area (Å²) in [4.78, 5) is 12.3. The Labute approximate surface area is 99.1 Å². The van der Waals surface area contributed by atoms with Crippen LogP contribution in [-0.2, 0) is 4.79 Å². The van der Waals surface area contributed by atoms with Gasteiger partial charge >= 0.3 is 6.18 Å². The van der Waals surface area contributed by atoms with Crippen molar-refractivity contribution in [2.24, 2.45) is 11.7 Å². The molecule has 0 atom stereocenters. The van der Waals surface area contributed by atoms with Gasteiger partial charge in [0, 0.05) is 19.5 Å². The Morgan fingerprint density at radius 1 is 1.29 bits per heavy atom. The number of amides is 1. The minimum atomic E-state index is -4.32. The number of rotatable bonds is 3. The molecular weight excluding hydrogens is 233 g/mol. The number of hydrogen-bond acceptors (Lipinski definition) is 2. The molecule has 100 valence electrons. The number of carbonyl (C=O) groups is 1. The third-order valence-corrected chi connectivity index (χ3v) is 3.20. The van der Waals surface area contributed by atoms with E-state index in [4.69, 9.17) is 5.73 Å². The highest BCUT2D eigenvalue weighted by Gasteiger charge is 2.32. The summed E-state index contributed by atoms with van der Waals surface area (Å²) in [6, 6.07) is 0.189. The molecular formula is C11H19F3N2O. The molecule has 1 saturated carbocycles. The molecule has 6 heteroatoms. The van der Waals surface area contributed by atoms with Crippen molar-refractivity contribution in [3.8, 4) is 0 Å². The maximum absolute atomic E-state index is 12.1. The Bertz CT molecular complexity index is 260. The zero-order valence-electron chi connectivity index (χ0n) is 9.96. The Morgan fingerprint density at radius 2 is 1.82 bits per heavy atom. The predicted octanol–water partition coefficient (Wildman–Crippen LogP) is 1.91. The van der Waals surface area contributed by atoms with Gasteiger partial charge in [-0.2, -0.15) is 13.2 Å². The molecule has 0 unspecified atom stereocenters. The fraction of sp³-hybridized carbons (Fsp3) is 0.909. The fourth-order valence-electron chi connectivity index (χ4n) is 2.15. The van der Waals surface area contributed by atoms with Crippen LogP contribution in [0, 0.1) is 5.92 Å². The second kappa shape index (κ2) is 5.71. The lowest BCUT2D eigenvalue weighted by Gasteiger charge is -2.27. The van der Waals surface area contributed by atoms with Crippen LogP contribution < -0.4 is 5.73 Å². The standard InChI is InChI=1S/C11H19F3N2O/c1-16(7-11(12,13)14)10(17)6-8-2-4-9(15)5-3-8/h8-9H,2-7,15H2,1H3. The Kier molecular flexibility index (Phi) is 4.80. The van der Waals surface area contributed by atoms with Gasteiger partial charge in [0.15, 0.2) is 0 Å². The first kappa shape index (κ1) is 14.3. The van der Waals surface area contributed by atoms with Gasteiger partial charge in [0.25, 0.3) is 0 Å². The highest BCUT2D eigenvalue weighted by molar-refractivity contribution is 5.76. The van der Waals surface area contributed by atoms with E-state index in [1.54, 1.807) is 0 Å². The van der Waals surface area contributed by atoms with E-state index >= 15 is 0 Å². The normalized spacial score (nSPS) is 25.7. The Morgan fingerprint density at radius 3 is 2.29 bits per heavy atom. The maximum Gasteiger partial charge on any atom is 0.406 e. The Hall–Kier alpha value is -0.780.